The number of nitrogen functional groups attached to an aromatic ring is 1. The zero-order valence-corrected chi connectivity index (χ0v) is 12.9. The molecule has 7 heteroatoms. The monoisotopic (exact) mass is 353 g/mol. The molecule has 0 radical (unpaired) electrons. The summed E-state index contributed by atoms with van der Waals surface area (Å²) < 4.78 is 0.874. The van der Waals surface area contributed by atoms with Crippen LogP contribution in [0.3, 0.4) is 0 Å². The second-order valence-corrected chi connectivity index (χ2v) is 5.96. The Morgan fingerprint density at radius 2 is 1.95 bits per heavy atom. The maximum atomic E-state index is 5.93. The molecule has 1 fully saturated rings. The van der Waals surface area contributed by atoms with Crippen LogP contribution < -0.4 is 16.6 Å². The van der Waals surface area contributed by atoms with Crippen LogP contribution in [0.15, 0.2) is 28.7 Å². The molecule has 20 heavy (non-hydrogen) atoms. The van der Waals surface area contributed by atoms with Gasteiger partial charge in [-0.25, -0.2) is 15.8 Å². The van der Waals surface area contributed by atoms with Crippen LogP contribution in [0.4, 0.5) is 17.3 Å². The Kier molecular flexibility index (Phi) is 3.78. The molecule has 1 aliphatic rings. The lowest BCUT2D eigenvalue weighted by atomic mass is 10.3. The van der Waals surface area contributed by atoms with E-state index >= 15 is 0 Å². The number of nitrogens with one attached hydrogen (secondary N) is 2. The molecule has 2 aromatic rings. The number of rotatable bonds is 4. The molecule has 3 rings (SSSR count). The van der Waals surface area contributed by atoms with Crippen LogP contribution in [0.2, 0.25) is 5.02 Å². The third-order valence-corrected chi connectivity index (χ3v) is 3.92. The summed E-state index contributed by atoms with van der Waals surface area (Å²) in [6.45, 7) is 0. The van der Waals surface area contributed by atoms with Gasteiger partial charge < -0.3 is 10.7 Å². The molecule has 1 heterocycles. The summed E-state index contributed by atoms with van der Waals surface area (Å²) in [5.74, 6) is 8.05. The Bertz CT molecular complexity index is 645. The highest BCUT2D eigenvalue weighted by atomic mass is 79.9. The van der Waals surface area contributed by atoms with Gasteiger partial charge in [-0.05, 0) is 47.0 Å². The topological polar surface area (TPSA) is 75.9 Å². The van der Waals surface area contributed by atoms with Crippen molar-refractivity contribution < 1.29 is 0 Å². The lowest BCUT2D eigenvalue weighted by Crippen LogP contribution is -2.11. The second kappa shape index (κ2) is 5.55. The molecule has 104 valence electrons. The summed E-state index contributed by atoms with van der Waals surface area (Å²) in [6, 6.07) is 7.31. The molecule has 1 saturated carbocycles. The molecule has 0 bridgehead atoms. The van der Waals surface area contributed by atoms with E-state index in [-0.39, 0.29) is 0 Å². The number of aromatic nitrogens is 2. The van der Waals surface area contributed by atoms with E-state index in [4.69, 9.17) is 17.4 Å². The largest absolute Gasteiger partial charge is 0.339 e. The van der Waals surface area contributed by atoms with Crippen LogP contribution >= 0.6 is 27.5 Å². The third-order valence-electron chi connectivity index (χ3n) is 3.03. The first-order valence-corrected chi connectivity index (χ1v) is 7.40. The van der Waals surface area contributed by atoms with Gasteiger partial charge in [-0.1, -0.05) is 11.6 Å². The predicted octanol–water partition coefficient (Wildman–Crippen LogP) is 3.80. The van der Waals surface area contributed by atoms with E-state index < -0.39 is 0 Å². The highest BCUT2D eigenvalue weighted by molar-refractivity contribution is 9.10. The lowest BCUT2D eigenvalue weighted by molar-refractivity contribution is 0.929. The van der Waals surface area contributed by atoms with Crippen LogP contribution in [0.25, 0.3) is 0 Å². The van der Waals surface area contributed by atoms with Gasteiger partial charge in [-0.15, -0.1) is 0 Å². The minimum Gasteiger partial charge on any atom is -0.339 e. The van der Waals surface area contributed by atoms with Crippen molar-refractivity contribution in [3.05, 3.63) is 39.6 Å². The molecule has 1 aliphatic carbocycles. The molecule has 0 aliphatic heterocycles. The summed E-state index contributed by atoms with van der Waals surface area (Å²) in [5.41, 5.74) is 3.46. The van der Waals surface area contributed by atoms with Crippen molar-refractivity contribution >= 4 is 44.9 Å². The molecular formula is C13H13BrClN5. The van der Waals surface area contributed by atoms with E-state index in [2.05, 4.69) is 36.6 Å². The van der Waals surface area contributed by atoms with E-state index in [0.717, 1.165) is 28.8 Å². The maximum Gasteiger partial charge on any atom is 0.145 e. The number of nitrogens with zero attached hydrogens (tertiary/aromatic N) is 2. The molecule has 5 nitrogen and oxygen atoms in total. The van der Waals surface area contributed by atoms with Gasteiger partial charge in [-0.3, -0.25) is 0 Å². The normalized spacial score (nSPS) is 14.2. The molecular weight excluding hydrogens is 342 g/mol. The number of hydrazine groups is 1. The Balaban J connectivity index is 1.91. The minimum atomic E-state index is 0.456. The van der Waals surface area contributed by atoms with E-state index in [1.807, 2.05) is 18.2 Å². The predicted molar refractivity (Wildman–Crippen MR) is 84.3 cm³/mol. The fourth-order valence-corrected chi connectivity index (χ4v) is 2.64. The van der Waals surface area contributed by atoms with Crippen LogP contribution in [-0.2, 0) is 0 Å². The summed E-state index contributed by atoms with van der Waals surface area (Å²) in [4.78, 5) is 8.90. The molecule has 0 atom stereocenters. The van der Waals surface area contributed by atoms with Crippen molar-refractivity contribution in [1.29, 1.82) is 0 Å². The quantitative estimate of drug-likeness (QED) is 0.575. The molecule has 0 saturated heterocycles. The Morgan fingerprint density at radius 1 is 1.20 bits per heavy atom. The zero-order valence-electron chi connectivity index (χ0n) is 10.5. The van der Waals surface area contributed by atoms with Crippen molar-refractivity contribution in [2.45, 2.75) is 18.8 Å². The molecule has 0 amide bonds. The fraction of sp³-hybridized carbons (Fsp3) is 0.231. The molecule has 1 aromatic carbocycles. The van der Waals surface area contributed by atoms with Crippen molar-refractivity contribution in [1.82, 2.24) is 9.97 Å². The van der Waals surface area contributed by atoms with Crippen molar-refractivity contribution in [3.8, 4) is 0 Å². The summed E-state index contributed by atoms with van der Waals surface area (Å²) in [7, 11) is 0. The first-order valence-electron chi connectivity index (χ1n) is 6.23. The number of anilines is 3. The van der Waals surface area contributed by atoms with E-state index in [9.17, 15) is 0 Å². The number of halogens is 2. The fourth-order valence-electron chi connectivity index (χ4n) is 1.86. The first-order chi connectivity index (χ1) is 9.65. The van der Waals surface area contributed by atoms with Gasteiger partial charge in [0.15, 0.2) is 0 Å². The standard InChI is InChI=1S/C13H13BrClN5/c14-9-5-8(15)3-4-10(9)17-11-6-12(20-16)19-13(18-11)7-1-2-7/h3-7H,1-2,16H2,(H2,17,18,19,20). The van der Waals surface area contributed by atoms with Gasteiger partial charge in [0.25, 0.3) is 0 Å². The van der Waals surface area contributed by atoms with Gasteiger partial charge in [0.1, 0.15) is 17.5 Å². The van der Waals surface area contributed by atoms with E-state index in [0.29, 0.717) is 22.6 Å². The van der Waals surface area contributed by atoms with Gasteiger partial charge in [0, 0.05) is 21.5 Å². The first kappa shape index (κ1) is 13.6. The number of hydrogen-bond donors (Lipinski definition) is 3. The molecule has 1 aromatic heterocycles. The summed E-state index contributed by atoms with van der Waals surface area (Å²) in [5, 5.41) is 3.92. The highest BCUT2D eigenvalue weighted by Crippen LogP contribution is 2.39. The Morgan fingerprint density at radius 3 is 2.60 bits per heavy atom. The van der Waals surface area contributed by atoms with Gasteiger partial charge in [0.05, 0.1) is 5.69 Å². The van der Waals surface area contributed by atoms with E-state index in [1.165, 1.54) is 0 Å². The Hall–Kier alpha value is -1.37. The van der Waals surface area contributed by atoms with Gasteiger partial charge in [0.2, 0.25) is 0 Å². The lowest BCUT2D eigenvalue weighted by Gasteiger charge is -2.11. The Labute approximate surface area is 130 Å². The maximum absolute atomic E-state index is 5.93. The van der Waals surface area contributed by atoms with Crippen LogP contribution in [0.1, 0.15) is 24.6 Å². The van der Waals surface area contributed by atoms with Crippen molar-refractivity contribution in [2.24, 2.45) is 5.84 Å². The van der Waals surface area contributed by atoms with Crippen molar-refractivity contribution in [3.63, 3.8) is 0 Å². The summed E-state index contributed by atoms with van der Waals surface area (Å²) in [6.07, 6.45) is 2.27. The van der Waals surface area contributed by atoms with Crippen LogP contribution in [0.5, 0.6) is 0 Å². The third kappa shape index (κ3) is 3.03. The average molecular weight is 355 g/mol. The number of hydrogen-bond acceptors (Lipinski definition) is 5. The van der Waals surface area contributed by atoms with E-state index in [1.54, 1.807) is 6.07 Å². The smallest absolute Gasteiger partial charge is 0.145 e. The highest BCUT2D eigenvalue weighted by Gasteiger charge is 2.27. The van der Waals surface area contributed by atoms with Crippen LogP contribution in [-0.4, -0.2) is 9.97 Å². The van der Waals surface area contributed by atoms with Gasteiger partial charge >= 0.3 is 0 Å². The van der Waals surface area contributed by atoms with Gasteiger partial charge in [-0.2, -0.15) is 0 Å². The van der Waals surface area contributed by atoms with Crippen molar-refractivity contribution in [2.75, 3.05) is 10.7 Å². The second-order valence-electron chi connectivity index (χ2n) is 4.66. The molecule has 0 unspecified atom stereocenters. The average Bonchev–Trinajstić information content (AvgIpc) is 3.26. The SMILES string of the molecule is NNc1cc(Nc2ccc(Cl)cc2Br)nc(C2CC2)n1. The number of benzene rings is 1. The van der Waals surface area contributed by atoms with Crippen LogP contribution in [0, 0.1) is 0 Å². The summed E-state index contributed by atoms with van der Waals surface area (Å²) >= 11 is 9.40. The minimum absolute atomic E-state index is 0.456. The molecule has 0 spiro atoms. The zero-order chi connectivity index (χ0) is 14.1. The number of nitrogens with two attached hydrogens (primary N) is 1. The molecule has 4 N–H and O–H groups in total.